The molecule has 9 rings (SSSR count). The van der Waals surface area contributed by atoms with Crippen LogP contribution in [0.2, 0.25) is 0 Å². The largest absolute Gasteiger partial charge is 0.368 e. The molecule has 3 amide bonds. The number of nitrogens with one attached hydrogen (secondary N) is 3. The summed E-state index contributed by atoms with van der Waals surface area (Å²) < 4.78 is 80.3. The zero-order chi connectivity index (χ0) is 60.0. The van der Waals surface area contributed by atoms with Crippen molar-refractivity contribution in [3.63, 3.8) is 0 Å². The molecule has 0 unspecified atom stereocenters. The summed E-state index contributed by atoms with van der Waals surface area (Å²) in [7, 11) is -9.79. The molecule has 0 radical (unpaired) electrons. The van der Waals surface area contributed by atoms with Gasteiger partial charge in [0.25, 0.3) is 17.7 Å². The number of anilines is 2. The van der Waals surface area contributed by atoms with E-state index < -0.39 is 30.1 Å². The zero-order valence-corrected chi connectivity index (χ0v) is 49.7. The van der Waals surface area contributed by atoms with E-state index in [2.05, 4.69) is 46.1 Å². The van der Waals surface area contributed by atoms with E-state index >= 15 is 0 Å². The van der Waals surface area contributed by atoms with Crippen molar-refractivity contribution in [2.24, 2.45) is 17.8 Å². The molecule has 0 aliphatic carbocycles. The fourth-order valence-electron chi connectivity index (χ4n) is 9.70. The molecule has 3 fully saturated rings. The first-order chi connectivity index (χ1) is 40.3. The van der Waals surface area contributed by atoms with Gasteiger partial charge in [0.15, 0.2) is 0 Å². The number of nitrogen functional groups attached to an aromatic ring is 2. The zero-order valence-electron chi connectivity index (χ0n) is 47.3. The number of rotatable bonds is 21. The van der Waals surface area contributed by atoms with Crippen molar-refractivity contribution in [1.82, 2.24) is 59.0 Å². The summed E-state index contributed by atoms with van der Waals surface area (Å²) >= 11 is 0. The van der Waals surface area contributed by atoms with Gasteiger partial charge in [-0.25, -0.2) is 58.1 Å². The SMILES string of the molecule is Cc1ccc(CCS(=O)(=O)N2CCC(CNC(=O)c3cnc(N)nc3)CC2)cc1.Nc1ncc(C(=O)NCC2CCN(S(=O)(=O)CCc3ccccc3)CC2)cn1.O=C(NCC1CCN(S(=O)(=O)CCc2ccccc2)CC1)c1ccnnc1. The van der Waals surface area contributed by atoms with E-state index in [9.17, 15) is 39.6 Å². The molecule has 84 heavy (non-hydrogen) atoms. The number of sulfonamides is 3. The molecule has 0 saturated carbocycles. The van der Waals surface area contributed by atoms with Crippen molar-refractivity contribution in [2.75, 3.05) is 87.6 Å². The minimum Gasteiger partial charge on any atom is -0.368 e. The number of aryl methyl sites for hydroxylation is 4. The number of carbonyl (C=O) groups is 3. The van der Waals surface area contributed by atoms with Gasteiger partial charge in [0.1, 0.15) is 0 Å². The van der Waals surface area contributed by atoms with Crippen LogP contribution in [-0.2, 0) is 49.3 Å². The topological polar surface area (TPSA) is 329 Å². The maximum atomic E-state index is 12.6. The molecule has 26 heteroatoms. The van der Waals surface area contributed by atoms with E-state index in [4.69, 9.17) is 11.5 Å². The van der Waals surface area contributed by atoms with E-state index in [1.54, 1.807) is 19.0 Å². The first kappa shape index (κ1) is 64.2. The first-order valence-corrected chi connectivity index (χ1v) is 33.0. The quantitative estimate of drug-likeness (QED) is 0.0681. The van der Waals surface area contributed by atoms with Crippen LogP contribution in [0.3, 0.4) is 0 Å². The van der Waals surface area contributed by atoms with Crippen LogP contribution >= 0.6 is 0 Å². The Morgan fingerprint density at radius 2 is 0.762 bits per heavy atom. The predicted molar refractivity (Wildman–Crippen MR) is 321 cm³/mol. The Hall–Kier alpha value is -7.36. The summed E-state index contributed by atoms with van der Waals surface area (Å²) in [6, 6.07) is 28.9. The molecular formula is C58H76N14O9S3. The fraction of sp³-hybridized carbons (Fsp3) is 0.431. The highest BCUT2D eigenvalue weighted by molar-refractivity contribution is 7.89. The Bertz CT molecular complexity index is 3350. The van der Waals surface area contributed by atoms with Crippen LogP contribution in [0.1, 0.15) is 91.9 Å². The van der Waals surface area contributed by atoms with Gasteiger partial charge < -0.3 is 27.4 Å². The lowest BCUT2D eigenvalue weighted by molar-refractivity contribution is 0.0933. The van der Waals surface area contributed by atoms with E-state index in [1.165, 1.54) is 37.2 Å². The molecule has 3 aliphatic heterocycles. The van der Waals surface area contributed by atoms with Gasteiger partial charge in [-0.2, -0.15) is 10.2 Å². The number of nitrogens with zero attached hydrogens (tertiary/aromatic N) is 9. The Balaban J connectivity index is 0.000000181. The standard InChI is InChI=1S/C20H27N5O3S.C19H25N5O3S.C19H24N4O3S/c1-15-2-4-16(5-3-15)8-11-29(27,28)25-9-6-17(7-10-25)12-22-19(26)18-13-23-20(21)24-14-18;20-19-22-13-17(14-23-19)18(25)21-12-16-6-9-24(10-7-16)28(26,27)11-8-15-4-2-1-3-5-15;24-19(18-6-10-21-22-15-18)20-14-17-7-11-23(12-8-17)27(25,26)13-9-16-4-2-1-3-5-16/h2-5,13-14,17H,6-12H2,1H3,(H,22,26)(H2,21,23,24);1-5,13-14,16H,6-12H2,(H,21,25)(H2,20,22,23);1-6,10,15,17H,7-9,11-14H2,(H,20,24). The fourth-order valence-corrected chi connectivity index (χ4v) is 14.3. The van der Waals surface area contributed by atoms with E-state index in [-0.39, 0.29) is 64.6 Å². The molecule has 0 spiro atoms. The molecule has 6 heterocycles. The third-order valence-electron chi connectivity index (χ3n) is 15.0. The summed E-state index contributed by atoms with van der Waals surface area (Å²) in [4.78, 5) is 51.5. The van der Waals surface area contributed by atoms with Gasteiger partial charge in [-0.05, 0) is 105 Å². The minimum absolute atomic E-state index is 0.120. The van der Waals surface area contributed by atoms with E-state index in [0.29, 0.717) is 94.9 Å². The molecule has 0 bridgehead atoms. The first-order valence-electron chi connectivity index (χ1n) is 28.1. The summed E-state index contributed by atoms with van der Waals surface area (Å²) in [6.45, 7) is 6.52. The molecule has 23 nitrogen and oxygen atoms in total. The summed E-state index contributed by atoms with van der Waals surface area (Å²) in [6.07, 6.45) is 14.4. The molecule has 6 aromatic rings. The molecule has 3 aromatic carbocycles. The van der Waals surface area contributed by atoms with Crippen molar-refractivity contribution in [2.45, 2.75) is 64.7 Å². The van der Waals surface area contributed by atoms with Gasteiger partial charge in [0.05, 0.1) is 46.3 Å². The van der Waals surface area contributed by atoms with Gasteiger partial charge in [-0.15, -0.1) is 0 Å². The highest BCUT2D eigenvalue weighted by Gasteiger charge is 2.31. The number of hydrogen-bond donors (Lipinski definition) is 5. The Morgan fingerprint density at radius 1 is 0.440 bits per heavy atom. The summed E-state index contributed by atoms with van der Waals surface area (Å²) in [5, 5.41) is 16.0. The smallest absolute Gasteiger partial charge is 0.254 e. The van der Waals surface area contributed by atoms with Crippen LogP contribution in [0.4, 0.5) is 11.9 Å². The van der Waals surface area contributed by atoms with Crippen LogP contribution < -0.4 is 27.4 Å². The Labute approximate surface area is 493 Å². The molecule has 3 aromatic heterocycles. The van der Waals surface area contributed by atoms with Gasteiger partial charge in [-0.1, -0.05) is 90.5 Å². The number of nitrogens with two attached hydrogens (primary N) is 2. The number of piperidine rings is 3. The van der Waals surface area contributed by atoms with Crippen LogP contribution in [0, 0.1) is 24.7 Å². The predicted octanol–water partition coefficient (Wildman–Crippen LogP) is 3.95. The molecule has 3 saturated heterocycles. The number of benzene rings is 3. The number of carbonyl (C=O) groups excluding carboxylic acids is 3. The Morgan fingerprint density at radius 3 is 1.08 bits per heavy atom. The summed E-state index contributed by atoms with van der Waals surface area (Å²) in [5.41, 5.74) is 16.3. The van der Waals surface area contributed by atoms with Crippen LogP contribution in [0.15, 0.2) is 128 Å². The van der Waals surface area contributed by atoms with Crippen molar-refractivity contribution in [3.05, 3.63) is 167 Å². The maximum Gasteiger partial charge on any atom is 0.254 e. The van der Waals surface area contributed by atoms with Gasteiger partial charge >= 0.3 is 0 Å². The molecular weight excluding hydrogens is 1130 g/mol. The molecule has 0 atom stereocenters. The highest BCUT2D eigenvalue weighted by Crippen LogP contribution is 2.23. The van der Waals surface area contributed by atoms with Crippen molar-refractivity contribution < 1.29 is 39.6 Å². The second kappa shape index (κ2) is 31.5. The summed E-state index contributed by atoms with van der Waals surface area (Å²) in [5.74, 6) is 0.715. The second-order valence-electron chi connectivity index (χ2n) is 21.1. The minimum atomic E-state index is -3.28. The monoisotopic (exact) mass is 1210 g/mol. The van der Waals surface area contributed by atoms with Gasteiger partial charge in [-0.3, -0.25) is 14.4 Å². The number of hydrogen-bond acceptors (Lipinski definition) is 17. The average molecular weight is 1210 g/mol. The molecule has 450 valence electrons. The Kier molecular flexibility index (Phi) is 24.1. The second-order valence-corrected chi connectivity index (χ2v) is 27.4. The molecule has 7 N–H and O–H groups in total. The normalized spacial score (nSPS) is 16.0. The van der Waals surface area contributed by atoms with Crippen molar-refractivity contribution in [1.29, 1.82) is 0 Å². The number of amides is 3. The highest BCUT2D eigenvalue weighted by atomic mass is 32.2. The van der Waals surface area contributed by atoms with Gasteiger partial charge in [0, 0.05) is 83.7 Å². The molecule has 3 aliphatic rings. The van der Waals surface area contributed by atoms with Crippen LogP contribution in [-0.4, -0.2) is 162 Å². The average Bonchev–Trinajstić information content (AvgIpc) is 3.73. The van der Waals surface area contributed by atoms with Crippen LogP contribution in [0.5, 0.6) is 0 Å². The third-order valence-corrected chi connectivity index (χ3v) is 20.6. The van der Waals surface area contributed by atoms with Crippen molar-refractivity contribution in [3.8, 4) is 0 Å². The number of aromatic nitrogens is 6. The van der Waals surface area contributed by atoms with E-state index in [1.807, 2.05) is 91.9 Å². The van der Waals surface area contributed by atoms with Gasteiger partial charge in [0.2, 0.25) is 42.0 Å². The maximum absolute atomic E-state index is 12.6. The van der Waals surface area contributed by atoms with Crippen LogP contribution in [0.25, 0.3) is 0 Å². The lowest BCUT2D eigenvalue weighted by Crippen LogP contribution is -2.42. The van der Waals surface area contributed by atoms with E-state index in [0.717, 1.165) is 60.8 Å². The lowest BCUT2D eigenvalue weighted by atomic mass is 9.98. The lowest BCUT2D eigenvalue weighted by Gasteiger charge is -2.31. The third kappa shape index (κ3) is 20.8. The van der Waals surface area contributed by atoms with Crippen molar-refractivity contribution >= 4 is 59.7 Å².